The van der Waals surface area contributed by atoms with Gasteiger partial charge in [-0.1, -0.05) is 24.3 Å². The van der Waals surface area contributed by atoms with Crippen molar-refractivity contribution in [2.75, 3.05) is 12.5 Å². The number of carbonyl (C=O) groups is 1. The molecule has 0 saturated heterocycles. The Bertz CT molecular complexity index is 324. The lowest BCUT2D eigenvalue weighted by Crippen LogP contribution is -2.23. The van der Waals surface area contributed by atoms with Gasteiger partial charge in [-0.15, -0.1) is 11.6 Å². The van der Waals surface area contributed by atoms with Crippen molar-refractivity contribution in [3.8, 4) is 0 Å². The third-order valence-corrected chi connectivity index (χ3v) is 2.35. The normalized spacial score (nSPS) is 10.1. The maximum absolute atomic E-state index is 10.9. The molecule has 1 rings (SSSR count). The summed E-state index contributed by atoms with van der Waals surface area (Å²) in [7, 11) is 0. The predicted octanol–water partition coefficient (Wildman–Crippen LogP) is 2.08. The fraction of sp³-hybridized carbons (Fsp3) is 0.417. The third kappa shape index (κ3) is 4.64. The number of alkyl halides is 1. The molecule has 0 unspecified atom stereocenters. The Balaban J connectivity index is 2.41. The van der Waals surface area contributed by atoms with Crippen LogP contribution >= 0.6 is 11.6 Å². The summed E-state index contributed by atoms with van der Waals surface area (Å²) in [6, 6.07) is 7.95. The summed E-state index contributed by atoms with van der Waals surface area (Å²) in [5.41, 5.74) is 2.19. The molecule has 1 aromatic carbocycles. The van der Waals surface area contributed by atoms with Gasteiger partial charge in [0.25, 0.3) is 0 Å². The second-order valence-electron chi connectivity index (χ2n) is 3.36. The predicted molar refractivity (Wildman–Crippen MR) is 64.3 cm³/mol. The van der Waals surface area contributed by atoms with E-state index in [-0.39, 0.29) is 11.8 Å². The van der Waals surface area contributed by atoms with Crippen molar-refractivity contribution in [2.24, 2.45) is 0 Å². The van der Waals surface area contributed by atoms with Gasteiger partial charge in [0.15, 0.2) is 0 Å². The zero-order chi connectivity index (χ0) is 11.8. The number of hydrogen-bond donors (Lipinski definition) is 1. The molecule has 0 bridgehead atoms. The Kier molecular flexibility index (Phi) is 5.90. The van der Waals surface area contributed by atoms with E-state index in [9.17, 15) is 4.79 Å². The summed E-state index contributed by atoms with van der Waals surface area (Å²) in [5.74, 6) is -0.150. The van der Waals surface area contributed by atoms with E-state index in [1.807, 2.05) is 31.2 Å². The first kappa shape index (κ1) is 13.0. The van der Waals surface area contributed by atoms with Crippen LogP contribution in [0.1, 0.15) is 18.1 Å². The van der Waals surface area contributed by atoms with E-state index in [0.717, 1.165) is 11.1 Å². The van der Waals surface area contributed by atoms with E-state index in [4.69, 9.17) is 16.3 Å². The number of ether oxygens (including phenoxy) is 1. The summed E-state index contributed by atoms with van der Waals surface area (Å²) in [6.07, 6.45) is 0. The molecule has 3 nitrogen and oxygen atoms in total. The molecular formula is C12H16ClNO2. The van der Waals surface area contributed by atoms with Crippen LogP contribution in [0.15, 0.2) is 24.3 Å². The van der Waals surface area contributed by atoms with Crippen LogP contribution in [0.2, 0.25) is 0 Å². The maximum atomic E-state index is 10.9. The van der Waals surface area contributed by atoms with Crippen molar-refractivity contribution < 1.29 is 9.53 Å². The first-order chi connectivity index (χ1) is 7.76. The van der Waals surface area contributed by atoms with Crippen molar-refractivity contribution in [3.63, 3.8) is 0 Å². The van der Waals surface area contributed by atoms with E-state index in [2.05, 4.69) is 5.32 Å². The van der Waals surface area contributed by atoms with Crippen LogP contribution in [0.4, 0.5) is 0 Å². The van der Waals surface area contributed by atoms with Gasteiger partial charge in [-0.3, -0.25) is 4.79 Å². The Morgan fingerprint density at radius 3 is 2.50 bits per heavy atom. The fourth-order valence-electron chi connectivity index (χ4n) is 1.22. The minimum absolute atomic E-state index is 0.00240. The summed E-state index contributed by atoms with van der Waals surface area (Å²) in [6.45, 7) is 3.83. The standard InChI is InChI=1S/C12H16ClNO2/c1-2-16-9-11-5-3-10(4-6-11)8-14-12(15)7-13/h3-6H,2,7-9H2,1H3,(H,14,15). The van der Waals surface area contributed by atoms with Gasteiger partial charge >= 0.3 is 0 Å². The SMILES string of the molecule is CCOCc1ccc(CNC(=O)CCl)cc1. The van der Waals surface area contributed by atoms with E-state index < -0.39 is 0 Å². The molecule has 0 aliphatic heterocycles. The number of benzene rings is 1. The number of amides is 1. The first-order valence-electron chi connectivity index (χ1n) is 5.24. The molecule has 0 aliphatic rings. The molecule has 0 fully saturated rings. The Hall–Kier alpha value is -1.06. The highest BCUT2D eigenvalue weighted by molar-refractivity contribution is 6.27. The smallest absolute Gasteiger partial charge is 0.235 e. The summed E-state index contributed by atoms with van der Waals surface area (Å²) < 4.78 is 5.29. The minimum Gasteiger partial charge on any atom is -0.377 e. The highest BCUT2D eigenvalue weighted by Gasteiger charge is 1.98. The lowest BCUT2D eigenvalue weighted by Gasteiger charge is -2.05. The zero-order valence-electron chi connectivity index (χ0n) is 9.33. The van der Waals surface area contributed by atoms with Crippen LogP contribution in [-0.4, -0.2) is 18.4 Å². The number of hydrogen-bond acceptors (Lipinski definition) is 2. The average molecular weight is 242 g/mol. The molecule has 16 heavy (non-hydrogen) atoms. The summed E-state index contributed by atoms with van der Waals surface area (Å²) >= 11 is 5.37. The van der Waals surface area contributed by atoms with Crippen LogP contribution in [0.5, 0.6) is 0 Å². The monoisotopic (exact) mass is 241 g/mol. The van der Waals surface area contributed by atoms with E-state index in [0.29, 0.717) is 19.8 Å². The third-order valence-electron chi connectivity index (χ3n) is 2.11. The molecule has 0 aliphatic carbocycles. The molecule has 0 aromatic heterocycles. The zero-order valence-corrected chi connectivity index (χ0v) is 10.1. The van der Waals surface area contributed by atoms with E-state index in [1.54, 1.807) is 0 Å². The van der Waals surface area contributed by atoms with Crippen molar-refractivity contribution in [3.05, 3.63) is 35.4 Å². The van der Waals surface area contributed by atoms with Crippen LogP contribution in [-0.2, 0) is 22.7 Å². The van der Waals surface area contributed by atoms with Gasteiger partial charge in [0.1, 0.15) is 5.88 Å². The van der Waals surface area contributed by atoms with Gasteiger partial charge in [-0.05, 0) is 18.1 Å². The highest BCUT2D eigenvalue weighted by Crippen LogP contribution is 2.05. The average Bonchev–Trinajstić information content (AvgIpc) is 2.34. The van der Waals surface area contributed by atoms with E-state index >= 15 is 0 Å². The lowest BCUT2D eigenvalue weighted by atomic mass is 10.1. The van der Waals surface area contributed by atoms with E-state index in [1.165, 1.54) is 0 Å². The molecule has 0 saturated carbocycles. The molecule has 0 atom stereocenters. The number of halogens is 1. The Morgan fingerprint density at radius 2 is 1.94 bits per heavy atom. The van der Waals surface area contributed by atoms with Crippen molar-refractivity contribution in [1.29, 1.82) is 0 Å². The molecule has 0 radical (unpaired) electrons. The minimum atomic E-state index is -0.153. The summed E-state index contributed by atoms with van der Waals surface area (Å²) in [5, 5.41) is 2.71. The van der Waals surface area contributed by atoms with Gasteiger partial charge in [0.05, 0.1) is 6.61 Å². The molecule has 0 heterocycles. The van der Waals surface area contributed by atoms with Crippen LogP contribution in [0.25, 0.3) is 0 Å². The molecule has 1 aromatic rings. The van der Waals surface area contributed by atoms with Crippen molar-refractivity contribution in [2.45, 2.75) is 20.1 Å². The van der Waals surface area contributed by atoms with Crippen molar-refractivity contribution in [1.82, 2.24) is 5.32 Å². The van der Waals surface area contributed by atoms with Gasteiger partial charge in [0, 0.05) is 13.2 Å². The topological polar surface area (TPSA) is 38.3 Å². The molecule has 1 amide bonds. The van der Waals surface area contributed by atoms with Gasteiger partial charge in [-0.2, -0.15) is 0 Å². The van der Waals surface area contributed by atoms with Crippen LogP contribution in [0.3, 0.4) is 0 Å². The Morgan fingerprint density at radius 1 is 1.31 bits per heavy atom. The number of carbonyl (C=O) groups excluding carboxylic acids is 1. The highest BCUT2D eigenvalue weighted by atomic mass is 35.5. The largest absolute Gasteiger partial charge is 0.377 e. The number of rotatable bonds is 6. The first-order valence-corrected chi connectivity index (χ1v) is 5.78. The molecule has 0 spiro atoms. The fourth-order valence-corrected chi connectivity index (χ4v) is 1.32. The second kappa shape index (κ2) is 7.25. The summed E-state index contributed by atoms with van der Waals surface area (Å²) in [4.78, 5) is 10.9. The van der Waals surface area contributed by atoms with Crippen LogP contribution in [0, 0.1) is 0 Å². The molecule has 4 heteroatoms. The maximum Gasteiger partial charge on any atom is 0.235 e. The Labute approximate surface area is 101 Å². The van der Waals surface area contributed by atoms with Gasteiger partial charge in [0.2, 0.25) is 5.91 Å². The molecular weight excluding hydrogens is 226 g/mol. The molecule has 1 N–H and O–H groups in total. The second-order valence-corrected chi connectivity index (χ2v) is 3.63. The quantitative estimate of drug-likeness (QED) is 0.775. The van der Waals surface area contributed by atoms with Gasteiger partial charge in [-0.25, -0.2) is 0 Å². The molecule has 88 valence electrons. The lowest BCUT2D eigenvalue weighted by molar-refractivity contribution is -0.118. The van der Waals surface area contributed by atoms with Crippen LogP contribution < -0.4 is 5.32 Å². The van der Waals surface area contributed by atoms with Crippen molar-refractivity contribution >= 4 is 17.5 Å². The number of nitrogens with one attached hydrogen (secondary N) is 1. The van der Waals surface area contributed by atoms with Gasteiger partial charge < -0.3 is 10.1 Å².